The Morgan fingerprint density at radius 1 is 1.11 bits per heavy atom. The Labute approximate surface area is 120 Å². The Kier molecular flexibility index (Phi) is 5.35. The van der Waals surface area contributed by atoms with E-state index in [1.807, 2.05) is 0 Å². The molecule has 0 unspecified atom stereocenters. The summed E-state index contributed by atoms with van der Waals surface area (Å²) in [5.41, 5.74) is 0.735. The van der Waals surface area contributed by atoms with E-state index in [1.165, 1.54) is 0 Å². The standard InChI is InChI=1S/C13H17BrN2O3/c1-13(2,3)19-12(18)16-10-6-4-9(5-7-10)15-11(17)8-14/h4-7H,8H2,1-3H3,(H,15,17)(H,16,18). The molecule has 0 fully saturated rings. The quantitative estimate of drug-likeness (QED) is 0.836. The molecule has 0 saturated heterocycles. The maximum absolute atomic E-state index is 11.5. The molecular weight excluding hydrogens is 312 g/mol. The first-order valence-corrected chi connectivity index (χ1v) is 6.88. The Hall–Kier alpha value is -1.56. The summed E-state index contributed by atoms with van der Waals surface area (Å²) in [5.74, 6) is -0.132. The molecule has 0 saturated carbocycles. The lowest BCUT2D eigenvalue weighted by atomic mass is 10.2. The molecule has 0 bridgehead atoms. The van der Waals surface area contributed by atoms with Gasteiger partial charge >= 0.3 is 6.09 Å². The predicted octanol–water partition coefficient (Wildman–Crippen LogP) is 3.37. The Bertz CT molecular complexity index is 452. The van der Waals surface area contributed by atoms with Crippen LogP contribution in [0.3, 0.4) is 0 Å². The number of hydrogen-bond donors (Lipinski definition) is 2. The summed E-state index contributed by atoms with van der Waals surface area (Å²) in [6.07, 6.45) is -0.509. The third-order valence-corrected chi connectivity index (χ3v) is 2.44. The smallest absolute Gasteiger partial charge is 0.412 e. The first-order valence-electron chi connectivity index (χ1n) is 5.76. The van der Waals surface area contributed by atoms with Gasteiger partial charge in [0, 0.05) is 11.4 Å². The highest BCUT2D eigenvalue weighted by molar-refractivity contribution is 9.09. The monoisotopic (exact) mass is 328 g/mol. The van der Waals surface area contributed by atoms with Crippen LogP contribution in [0.4, 0.5) is 16.2 Å². The molecule has 1 aromatic carbocycles. The van der Waals surface area contributed by atoms with Gasteiger partial charge in [0.05, 0.1) is 5.33 Å². The first kappa shape index (κ1) is 15.5. The van der Waals surface area contributed by atoms with Crippen LogP contribution in [0, 0.1) is 0 Å². The van der Waals surface area contributed by atoms with Crippen LogP contribution in [0.5, 0.6) is 0 Å². The van der Waals surface area contributed by atoms with E-state index in [9.17, 15) is 9.59 Å². The van der Waals surface area contributed by atoms with Gasteiger partial charge in [-0.1, -0.05) is 15.9 Å². The van der Waals surface area contributed by atoms with Crippen LogP contribution >= 0.6 is 15.9 Å². The highest BCUT2D eigenvalue weighted by Gasteiger charge is 2.16. The fourth-order valence-electron chi connectivity index (χ4n) is 1.25. The molecule has 1 rings (SSSR count). The lowest BCUT2D eigenvalue weighted by Crippen LogP contribution is -2.27. The average Bonchev–Trinajstić information content (AvgIpc) is 2.29. The summed E-state index contributed by atoms with van der Waals surface area (Å²) in [4.78, 5) is 22.7. The molecule has 19 heavy (non-hydrogen) atoms. The van der Waals surface area contributed by atoms with Crippen LogP contribution in [-0.2, 0) is 9.53 Å². The number of ether oxygens (including phenoxy) is 1. The number of halogens is 1. The summed E-state index contributed by atoms with van der Waals surface area (Å²) in [7, 11) is 0. The molecular formula is C13H17BrN2O3. The third kappa shape index (κ3) is 6.24. The van der Waals surface area contributed by atoms with Gasteiger partial charge in [-0.15, -0.1) is 0 Å². The highest BCUT2D eigenvalue weighted by atomic mass is 79.9. The lowest BCUT2D eigenvalue weighted by Gasteiger charge is -2.19. The number of hydrogen-bond acceptors (Lipinski definition) is 3. The zero-order chi connectivity index (χ0) is 14.5. The van der Waals surface area contributed by atoms with Crippen molar-refractivity contribution in [2.75, 3.05) is 16.0 Å². The zero-order valence-corrected chi connectivity index (χ0v) is 12.7. The molecule has 0 aliphatic heterocycles. The summed E-state index contributed by atoms with van der Waals surface area (Å²) in [6.45, 7) is 5.39. The van der Waals surface area contributed by atoms with Crippen LogP contribution < -0.4 is 10.6 Å². The van der Waals surface area contributed by atoms with Gasteiger partial charge in [0.1, 0.15) is 5.60 Å². The van der Waals surface area contributed by atoms with Crippen molar-refractivity contribution in [3.63, 3.8) is 0 Å². The van der Waals surface area contributed by atoms with Crippen molar-refractivity contribution >= 4 is 39.3 Å². The Morgan fingerprint density at radius 2 is 1.58 bits per heavy atom. The van der Waals surface area contributed by atoms with Gasteiger partial charge in [-0.3, -0.25) is 10.1 Å². The zero-order valence-electron chi connectivity index (χ0n) is 11.1. The van der Waals surface area contributed by atoms with Crippen LogP contribution in [0.25, 0.3) is 0 Å². The fraction of sp³-hybridized carbons (Fsp3) is 0.385. The van der Waals surface area contributed by atoms with Crippen LogP contribution in [0.1, 0.15) is 20.8 Å². The van der Waals surface area contributed by atoms with Gasteiger partial charge in [-0.05, 0) is 45.0 Å². The number of carbonyl (C=O) groups is 2. The fourth-order valence-corrected chi connectivity index (χ4v) is 1.39. The third-order valence-electron chi connectivity index (χ3n) is 1.94. The van der Waals surface area contributed by atoms with E-state index in [4.69, 9.17) is 4.74 Å². The minimum Gasteiger partial charge on any atom is -0.444 e. The second kappa shape index (κ2) is 6.56. The Morgan fingerprint density at radius 3 is 2.00 bits per heavy atom. The second-order valence-corrected chi connectivity index (χ2v) is 5.45. The molecule has 0 spiro atoms. The molecule has 5 nitrogen and oxygen atoms in total. The molecule has 0 heterocycles. The van der Waals surface area contributed by atoms with Crippen molar-refractivity contribution in [1.29, 1.82) is 0 Å². The van der Waals surface area contributed by atoms with Crippen LogP contribution in [0.2, 0.25) is 0 Å². The summed E-state index contributed by atoms with van der Waals surface area (Å²) in [6, 6.07) is 6.78. The van der Waals surface area contributed by atoms with Gasteiger partial charge in [0.2, 0.25) is 5.91 Å². The van der Waals surface area contributed by atoms with E-state index >= 15 is 0 Å². The average molecular weight is 329 g/mol. The van der Waals surface area contributed by atoms with E-state index in [1.54, 1.807) is 45.0 Å². The molecule has 0 aliphatic carbocycles. The maximum atomic E-state index is 11.5. The van der Waals surface area contributed by atoms with Crippen molar-refractivity contribution in [3.8, 4) is 0 Å². The van der Waals surface area contributed by atoms with Gasteiger partial charge in [-0.2, -0.15) is 0 Å². The molecule has 6 heteroatoms. The molecule has 0 radical (unpaired) electrons. The molecule has 0 atom stereocenters. The second-order valence-electron chi connectivity index (χ2n) is 4.89. The van der Waals surface area contributed by atoms with Crippen LogP contribution in [0.15, 0.2) is 24.3 Å². The normalized spacial score (nSPS) is 10.7. The number of nitrogens with one attached hydrogen (secondary N) is 2. The molecule has 2 amide bonds. The minimum atomic E-state index is -0.534. The van der Waals surface area contributed by atoms with E-state index in [0.717, 1.165) is 0 Å². The molecule has 2 N–H and O–H groups in total. The van der Waals surface area contributed by atoms with Crippen molar-refractivity contribution in [2.24, 2.45) is 0 Å². The summed E-state index contributed by atoms with van der Waals surface area (Å²) < 4.78 is 5.13. The van der Waals surface area contributed by atoms with Crippen molar-refractivity contribution in [2.45, 2.75) is 26.4 Å². The van der Waals surface area contributed by atoms with Gasteiger partial charge in [-0.25, -0.2) is 4.79 Å². The van der Waals surface area contributed by atoms with E-state index < -0.39 is 11.7 Å². The summed E-state index contributed by atoms with van der Waals surface area (Å²) in [5, 5.41) is 5.53. The number of anilines is 2. The van der Waals surface area contributed by atoms with Gasteiger partial charge in [0.15, 0.2) is 0 Å². The minimum absolute atomic E-state index is 0.132. The number of amides is 2. The molecule has 0 aromatic heterocycles. The largest absolute Gasteiger partial charge is 0.444 e. The first-order chi connectivity index (χ1) is 8.80. The maximum Gasteiger partial charge on any atom is 0.412 e. The number of benzene rings is 1. The SMILES string of the molecule is CC(C)(C)OC(=O)Nc1ccc(NC(=O)CBr)cc1. The molecule has 1 aromatic rings. The topological polar surface area (TPSA) is 67.4 Å². The number of carbonyl (C=O) groups excluding carboxylic acids is 2. The molecule has 0 aliphatic rings. The van der Waals surface area contributed by atoms with Crippen LogP contribution in [-0.4, -0.2) is 22.9 Å². The highest BCUT2D eigenvalue weighted by Crippen LogP contribution is 2.15. The van der Waals surface area contributed by atoms with E-state index in [2.05, 4.69) is 26.6 Å². The van der Waals surface area contributed by atoms with E-state index in [-0.39, 0.29) is 11.2 Å². The van der Waals surface area contributed by atoms with Crippen molar-refractivity contribution in [3.05, 3.63) is 24.3 Å². The van der Waals surface area contributed by atoms with Gasteiger partial charge < -0.3 is 10.1 Å². The number of alkyl halides is 1. The molecule has 104 valence electrons. The van der Waals surface area contributed by atoms with Crippen molar-refractivity contribution in [1.82, 2.24) is 0 Å². The lowest BCUT2D eigenvalue weighted by molar-refractivity contribution is -0.113. The predicted molar refractivity (Wildman–Crippen MR) is 78.7 cm³/mol. The Balaban J connectivity index is 2.57. The van der Waals surface area contributed by atoms with E-state index in [0.29, 0.717) is 11.4 Å². The summed E-state index contributed by atoms with van der Waals surface area (Å²) >= 11 is 3.06. The van der Waals surface area contributed by atoms with Gasteiger partial charge in [0.25, 0.3) is 0 Å². The number of rotatable bonds is 3. The van der Waals surface area contributed by atoms with Crippen molar-refractivity contribution < 1.29 is 14.3 Å².